The summed E-state index contributed by atoms with van der Waals surface area (Å²) >= 11 is 0. The average Bonchev–Trinajstić information content (AvgIpc) is 2.92. The van der Waals surface area contributed by atoms with Crippen molar-refractivity contribution in [1.82, 2.24) is 4.90 Å². The number of carbonyl (C=O) groups is 1. The Morgan fingerprint density at radius 2 is 1.86 bits per heavy atom. The topological polar surface area (TPSA) is 40.5 Å². The van der Waals surface area contributed by atoms with Gasteiger partial charge in [-0.25, -0.2) is 0 Å². The molecule has 0 aromatic heterocycles. The third kappa shape index (κ3) is 3.50. The van der Waals surface area contributed by atoms with Gasteiger partial charge in [-0.2, -0.15) is 0 Å². The molecule has 4 aliphatic rings. The quantitative estimate of drug-likeness (QED) is 0.599. The fourth-order valence-corrected chi connectivity index (χ4v) is 7.88. The van der Waals surface area contributed by atoms with E-state index in [1.165, 1.54) is 24.8 Å². The summed E-state index contributed by atoms with van der Waals surface area (Å²) in [6.07, 6.45) is 13.2. The maximum atomic E-state index is 13.2. The lowest BCUT2D eigenvalue weighted by molar-refractivity contribution is -0.135. The molecular formula is C26H43NO2. The lowest BCUT2D eigenvalue weighted by atomic mass is 9.49. The number of hydrogen-bond acceptors (Lipinski definition) is 2. The van der Waals surface area contributed by atoms with Crippen molar-refractivity contribution in [3.8, 4) is 0 Å². The fraction of sp³-hybridized carbons (Fsp3) is 0.885. The van der Waals surface area contributed by atoms with Crippen LogP contribution >= 0.6 is 0 Å². The number of hydrogen-bond donors (Lipinski definition) is 1. The Hall–Kier alpha value is -0.830. The molecule has 0 unspecified atom stereocenters. The average molecular weight is 402 g/mol. The summed E-state index contributed by atoms with van der Waals surface area (Å²) < 4.78 is 0. The van der Waals surface area contributed by atoms with Gasteiger partial charge < -0.3 is 10.0 Å². The van der Waals surface area contributed by atoms with Crippen molar-refractivity contribution in [1.29, 1.82) is 0 Å². The van der Waals surface area contributed by atoms with Crippen LogP contribution in [0.1, 0.15) is 98.8 Å². The molecule has 4 rings (SSSR count). The first kappa shape index (κ1) is 21.4. The van der Waals surface area contributed by atoms with Gasteiger partial charge in [0.1, 0.15) is 0 Å². The van der Waals surface area contributed by atoms with E-state index in [4.69, 9.17) is 0 Å². The highest BCUT2D eigenvalue weighted by Crippen LogP contribution is 2.62. The minimum Gasteiger partial charge on any atom is -0.393 e. The molecule has 1 heterocycles. The third-order valence-corrected chi connectivity index (χ3v) is 9.49. The van der Waals surface area contributed by atoms with Gasteiger partial charge in [-0.05, 0) is 87.9 Å². The number of amides is 1. The van der Waals surface area contributed by atoms with E-state index in [9.17, 15) is 9.90 Å². The maximum absolute atomic E-state index is 13.2. The van der Waals surface area contributed by atoms with E-state index in [-0.39, 0.29) is 17.1 Å². The van der Waals surface area contributed by atoms with E-state index < -0.39 is 0 Å². The zero-order valence-corrected chi connectivity index (χ0v) is 19.4. The molecule has 0 spiro atoms. The summed E-state index contributed by atoms with van der Waals surface area (Å²) in [6, 6.07) is 0.364. The van der Waals surface area contributed by atoms with Gasteiger partial charge in [0.15, 0.2) is 0 Å². The highest BCUT2D eigenvalue weighted by molar-refractivity contribution is 5.81. The Labute approximate surface area is 178 Å². The summed E-state index contributed by atoms with van der Waals surface area (Å²) in [6.45, 7) is 11.7. The van der Waals surface area contributed by atoms with Crippen LogP contribution in [0, 0.1) is 29.1 Å². The highest BCUT2D eigenvalue weighted by atomic mass is 16.3. The SMILES string of the molecule is CC(C)CCC[C@@H](C)N1C(=O)C[C@H]2[C@@H]3CC=C4C[C@@H](O)CC[C@]4(C)[C@H]3CC[C@@]21C. The van der Waals surface area contributed by atoms with Crippen molar-refractivity contribution in [2.24, 2.45) is 29.1 Å². The summed E-state index contributed by atoms with van der Waals surface area (Å²) in [5.41, 5.74) is 1.82. The number of aliphatic hydroxyl groups is 1. The van der Waals surface area contributed by atoms with E-state index in [1.807, 2.05) is 0 Å². The molecule has 3 aliphatic carbocycles. The van der Waals surface area contributed by atoms with Gasteiger partial charge in [-0.1, -0.05) is 45.3 Å². The second-order valence-corrected chi connectivity index (χ2v) is 11.7. The Kier molecular flexibility index (Phi) is 5.68. The number of rotatable bonds is 5. The molecule has 1 saturated heterocycles. The molecule has 164 valence electrons. The molecule has 1 N–H and O–H groups in total. The molecule has 3 fully saturated rings. The van der Waals surface area contributed by atoms with Crippen molar-refractivity contribution in [2.45, 2.75) is 117 Å². The van der Waals surface area contributed by atoms with Crippen molar-refractivity contribution < 1.29 is 9.90 Å². The first-order valence-corrected chi connectivity index (χ1v) is 12.4. The number of carbonyl (C=O) groups excluding carboxylic acids is 1. The zero-order chi connectivity index (χ0) is 21.0. The van der Waals surface area contributed by atoms with Crippen LogP contribution in [0.4, 0.5) is 0 Å². The Balaban J connectivity index is 1.54. The molecule has 3 nitrogen and oxygen atoms in total. The fourth-order valence-electron chi connectivity index (χ4n) is 7.88. The molecule has 0 aromatic rings. The smallest absolute Gasteiger partial charge is 0.223 e. The molecule has 0 radical (unpaired) electrons. The number of fused-ring (bicyclic) bond motifs is 5. The molecular weight excluding hydrogens is 358 g/mol. The lowest BCUT2D eigenvalue weighted by Crippen LogP contribution is -2.58. The summed E-state index contributed by atoms with van der Waals surface area (Å²) in [5, 5.41) is 10.2. The Morgan fingerprint density at radius 1 is 1.10 bits per heavy atom. The molecule has 29 heavy (non-hydrogen) atoms. The minimum atomic E-state index is -0.144. The number of aliphatic hydroxyl groups excluding tert-OH is 1. The van der Waals surface area contributed by atoms with Crippen molar-refractivity contribution in [3.63, 3.8) is 0 Å². The van der Waals surface area contributed by atoms with Crippen LogP contribution in [-0.2, 0) is 4.79 Å². The molecule has 1 aliphatic heterocycles. The standard InChI is InChI=1S/C26H43NO2/c1-17(2)7-6-8-18(3)27-24(29)16-23-21-10-9-19-15-20(28)11-13-25(19,4)22(21)12-14-26(23,27)5/h9,17-18,20-23,28H,6-8,10-16H2,1-5H3/t18-,20+,21-,22+,23+,25+,26+/m1/s1. The first-order chi connectivity index (χ1) is 13.7. The van der Waals surface area contributed by atoms with Gasteiger partial charge in [-0.3, -0.25) is 4.79 Å². The summed E-state index contributed by atoms with van der Waals surface area (Å²) in [4.78, 5) is 15.6. The van der Waals surface area contributed by atoms with E-state index in [1.54, 1.807) is 0 Å². The van der Waals surface area contributed by atoms with Gasteiger partial charge in [0.05, 0.1) is 6.10 Å². The number of nitrogens with zero attached hydrogens (tertiary/aromatic N) is 1. The Morgan fingerprint density at radius 3 is 2.59 bits per heavy atom. The molecule has 2 saturated carbocycles. The number of allylic oxidation sites excluding steroid dienone is 1. The minimum absolute atomic E-state index is 0.0470. The molecule has 7 atom stereocenters. The molecule has 0 bridgehead atoms. The zero-order valence-electron chi connectivity index (χ0n) is 19.4. The molecule has 0 aromatic carbocycles. The largest absolute Gasteiger partial charge is 0.393 e. The summed E-state index contributed by atoms with van der Waals surface area (Å²) in [7, 11) is 0. The van der Waals surface area contributed by atoms with Gasteiger partial charge in [0.2, 0.25) is 5.91 Å². The molecule has 3 heteroatoms. The van der Waals surface area contributed by atoms with Crippen LogP contribution in [0.2, 0.25) is 0 Å². The lowest BCUT2D eigenvalue weighted by Gasteiger charge is -2.58. The van der Waals surface area contributed by atoms with Crippen molar-refractivity contribution >= 4 is 5.91 Å². The van der Waals surface area contributed by atoms with Gasteiger partial charge in [0, 0.05) is 18.0 Å². The van der Waals surface area contributed by atoms with Gasteiger partial charge >= 0.3 is 0 Å². The first-order valence-electron chi connectivity index (χ1n) is 12.4. The van der Waals surface area contributed by atoms with E-state index in [0.29, 0.717) is 29.7 Å². The van der Waals surface area contributed by atoms with Crippen LogP contribution in [0.25, 0.3) is 0 Å². The van der Waals surface area contributed by atoms with Crippen molar-refractivity contribution in [3.05, 3.63) is 11.6 Å². The molecule has 1 amide bonds. The van der Waals surface area contributed by atoms with E-state index in [0.717, 1.165) is 50.9 Å². The van der Waals surface area contributed by atoms with Crippen LogP contribution in [0.3, 0.4) is 0 Å². The summed E-state index contributed by atoms with van der Waals surface area (Å²) in [5.74, 6) is 2.98. The van der Waals surface area contributed by atoms with Crippen LogP contribution in [-0.4, -0.2) is 33.6 Å². The van der Waals surface area contributed by atoms with Crippen LogP contribution in [0.5, 0.6) is 0 Å². The van der Waals surface area contributed by atoms with Gasteiger partial charge in [0.25, 0.3) is 0 Å². The Bertz CT molecular complexity index is 670. The predicted molar refractivity (Wildman–Crippen MR) is 118 cm³/mol. The van der Waals surface area contributed by atoms with Crippen LogP contribution in [0.15, 0.2) is 11.6 Å². The third-order valence-electron chi connectivity index (χ3n) is 9.49. The number of likely N-dealkylation sites (tertiary alicyclic amines) is 1. The highest BCUT2D eigenvalue weighted by Gasteiger charge is 2.60. The van der Waals surface area contributed by atoms with E-state index in [2.05, 4.69) is 45.6 Å². The second-order valence-electron chi connectivity index (χ2n) is 11.7. The van der Waals surface area contributed by atoms with Gasteiger partial charge in [-0.15, -0.1) is 0 Å². The van der Waals surface area contributed by atoms with E-state index >= 15 is 0 Å². The normalized spacial score (nSPS) is 42.9. The van der Waals surface area contributed by atoms with Crippen molar-refractivity contribution in [2.75, 3.05) is 0 Å². The monoisotopic (exact) mass is 401 g/mol. The maximum Gasteiger partial charge on any atom is 0.223 e. The van der Waals surface area contributed by atoms with Crippen LogP contribution < -0.4 is 0 Å². The second kappa shape index (κ2) is 7.70. The predicted octanol–water partition coefficient (Wildman–Crippen LogP) is 5.72.